The highest BCUT2D eigenvalue weighted by Gasteiger charge is 2.29. The zero-order valence-electron chi connectivity index (χ0n) is 25.6. The summed E-state index contributed by atoms with van der Waals surface area (Å²) < 4.78 is 30.3. The summed E-state index contributed by atoms with van der Waals surface area (Å²) in [6, 6.07) is 16.5. The molecule has 0 bridgehead atoms. The zero-order chi connectivity index (χ0) is 32.2. The molecule has 46 heavy (non-hydrogen) atoms. The number of carboxylic acids is 1. The number of aromatic carboxylic acids is 1. The van der Waals surface area contributed by atoms with Crippen LogP contribution < -0.4 is 9.47 Å². The smallest absolute Gasteiger partial charge is 0.335 e. The second kappa shape index (κ2) is 13.4. The van der Waals surface area contributed by atoms with Crippen molar-refractivity contribution in [3.63, 3.8) is 0 Å². The molecule has 2 aromatic carbocycles. The monoisotopic (exact) mass is 623 g/mol. The van der Waals surface area contributed by atoms with Crippen molar-refractivity contribution in [1.82, 2.24) is 29.0 Å². The van der Waals surface area contributed by atoms with Gasteiger partial charge in [-0.1, -0.05) is 13.0 Å². The van der Waals surface area contributed by atoms with Crippen LogP contribution in [0.1, 0.15) is 53.4 Å². The Kier molecular flexibility index (Phi) is 8.94. The maximum Gasteiger partial charge on any atom is 0.335 e. The Labute approximate surface area is 265 Å². The summed E-state index contributed by atoms with van der Waals surface area (Å²) in [5.41, 5.74) is 3.60. The SMILES string of the molecule is CCn1cncc1Cn1c(CN2CCC(Oc3cccc(COc4ccc(C#N)cc4F)n3)C(C)C2)nc2ccc(C(=O)O)cc21. The number of likely N-dealkylation sites (tertiary alicyclic amines) is 1. The number of carbonyl (C=O) groups is 1. The van der Waals surface area contributed by atoms with Crippen molar-refractivity contribution in [3.8, 4) is 17.7 Å². The van der Waals surface area contributed by atoms with Gasteiger partial charge in [0.2, 0.25) is 5.88 Å². The summed E-state index contributed by atoms with van der Waals surface area (Å²) in [6.07, 6.45) is 4.37. The molecule has 6 rings (SSSR count). The van der Waals surface area contributed by atoms with Crippen LogP contribution in [0.4, 0.5) is 4.39 Å². The number of nitriles is 1. The molecule has 1 fully saturated rings. The van der Waals surface area contributed by atoms with Crippen molar-refractivity contribution in [1.29, 1.82) is 5.26 Å². The predicted molar refractivity (Wildman–Crippen MR) is 167 cm³/mol. The second-order valence-corrected chi connectivity index (χ2v) is 11.5. The first kappa shape index (κ1) is 30.7. The van der Waals surface area contributed by atoms with Gasteiger partial charge in [0.25, 0.3) is 0 Å². The predicted octanol–water partition coefficient (Wildman–Crippen LogP) is 5.27. The molecule has 11 nitrogen and oxygen atoms in total. The number of rotatable bonds is 11. The van der Waals surface area contributed by atoms with E-state index in [4.69, 9.17) is 19.7 Å². The van der Waals surface area contributed by atoms with Gasteiger partial charge in [0.05, 0.1) is 59.0 Å². The summed E-state index contributed by atoms with van der Waals surface area (Å²) in [7, 11) is 0. The normalized spacial score (nSPS) is 16.7. The Morgan fingerprint density at radius 1 is 1.15 bits per heavy atom. The van der Waals surface area contributed by atoms with Gasteiger partial charge >= 0.3 is 5.97 Å². The maximum atomic E-state index is 14.2. The number of pyridine rings is 1. The minimum Gasteiger partial charge on any atom is -0.484 e. The molecule has 3 aromatic heterocycles. The van der Waals surface area contributed by atoms with Crippen LogP contribution in [0.15, 0.2) is 67.1 Å². The first-order valence-corrected chi connectivity index (χ1v) is 15.2. The van der Waals surface area contributed by atoms with Crippen molar-refractivity contribution in [2.75, 3.05) is 13.1 Å². The van der Waals surface area contributed by atoms with Gasteiger partial charge in [-0.2, -0.15) is 5.26 Å². The minimum absolute atomic E-state index is 0.0493. The number of imidazole rings is 2. The van der Waals surface area contributed by atoms with Crippen LogP contribution in [-0.2, 0) is 26.2 Å². The van der Waals surface area contributed by atoms with Gasteiger partial charge in [-0.25, -0.2) is 24.1 Å². The minimum atomic E-state index is -0.974. The summed E-state index contributed by atoms with van der Waals surface area (Å²) >= 11 is 0. The van der Waals surface area contributed by atoms with Crippen molar-refractivity contribution in [2.24, 2.45) is 5.92 Å². The molecule has 0 spiro atoms. The Hall–Kier alpha value is -5.28. The number of aromatic nitrogens is 5. The summed E-state index contributed by atoms with van der Waals surface area (Å²) in [6.45, 7) is 7.75. The lowest BCUT2D eigenvalue weighted by Gasteiger charge is -2.36. The van der Waals surface area contributed by atoms with E-state index < -0.39 is 11.8 Å². The molecule has 1 N–H and O–H groups in total. The fourth-order valence-electron chi connectivity index (χ4n) is 5.86. The Morgan fingerprint density at radius 3 is 2.78 bits per heavy atom. The van der Waals surface area contributed by atoms with Crippen molar-refractivity contribution in [3.05, 3.63) is 101 Å². The lowest BCUT2D eigenvalue weighted by molar-refractivity contribution is 0.0444. The molecular formula is C34H34FN7O4. The van der Waals surface area contributed by atoms with E-state index in [-0.39, 0.29) is 35.5 Å². The number of fused-ring (bicyclic) bond motifs is 1. The lowest BCUT2D eigenvalue weighted by Crippen LogP contribution is -2.44. The number of benzene rings is 2. The van der Waals surface area contributed by atoms with E-state index in [0.717, 1.165) is 54.7 Å². The molecule has 0 amide bonds. The topological polar surface area (TPSA) is 131 Å². The van der Waals surface area contributed by atoms with Crippen molar-refractivity contribution >= 4 is 17.0 Å². The third-order valence-electron chi connectivity index (χ3n) is 8.30. The lowest BCUT2D eigenvalue weighted by atomic mass is 9.96. The fourth-order valence-corrected chi connectivity index (χ4v) is 5.86. The van der Waals surface area contributed by atoms with Crippen LogP contribution in [0.25, 0.3) is 11.0 Å². The standard InChI is InChI=1S/C34H34FN7O4/c1-3-41-21-37-16-26(41)18-42-29-14-24(34(43)44)8-9-28(29)39-32(42)19-40-12-11-30(22(2)17-40)46-33-6-4-5-25(38-33)20-45-31-10-7-23(15-36)13-27(31)35/h4-10,13-14,16,21-22,30H,3,11-12,17-20H2,1-2H3,(H,43,44). The summed E-state index contributed by atoms with van der Waals surface area (Å²) in [5.74, 6) is 0.0241. The highest BCUT2D eigenvalue weighted by Crippen LogP contribution is 2.26. The Bertz CT molecular complexity index is 1910. The number of aryl methyl sites for hydroxylation is 1. The van der Waals surface area contributed by atoms with Gasteiger partial charge in [-0.3, -0.25) is 4.90 Å². The summed E-state index contributed by atoms with van der Waals surface area (Å²) in [5, 5.41) is 18.6. The van der Waals surface area contributed by atoms with Crippen LogP contribution in [0.2, 0.25) is 0 Å². The molecule has 0 aliphatic carbocycles. The first-order chi connectivity index (χ1) is 22.3. The van der Waals surface area contributed by atoms with Gasteiger partial charge in [-0.15, -0.1) is 0 Å². The van der Waals surface area contributed by atoms with E-state index in [1.54, 1.807) is 36.7 Å². The van der Waals surface area contributed by atoms with Crippen LogP contribution in [0, 0.1) is 23.1 Å². The molecule has 0 radical (unpaired) electrons. The molecular weight excluding hydrogens is 589 g/mol. The molecule has 1 aliphatic rings. The van der Waals surface area contributed by atoms with Gasteiger partial charge < -0.3 is 23.7 Å². The maximum absolute atomic E-state index is 14.2. The van der Waals surface area contributed by atoms with Crippen molar-refractivity contribution in [2.45, 2.75) is 52.6 Å². The highest BCUT2D eigenvalue weighted by molar-refractivity contribution is 5.92. The molecule has 12 heteroatoms. The third kappa shape index (κ3) is 6.69. The van der Waals surface area contributed by atoms with Gasteiger partial charge in [0.1, 0.15) is 18.5 Å². The third-order valence-corrected chi connectivity index (χ3v) is 8.30. The number of ether oxygens (including phenoxy) is 2. The van der Waals surface area contributed by atoms with Crippen LogP contribution in [0.5, 0.6) is 11.6 Å². The highest BCUT2D eigenvalue weighted by atomic mass is 19.1. The van der Waals surface area contributed by atoms with Crippen LogP contribution >= 0.6 is 0 Å². The van der Waals surface area contributed by atoms with Gasteiger partial charge in [-0.05, 0) is 55.8 Å². The molecule has 1 saturated heterocycles. The summed E-state index contributed by atoms with van der Waals surface area (Å²) in [4.78, 5) is 27.9. The van der Waals surface area contributed by atoms with E-state index >= 15 is 0 Å². The molecule has 2 atom stereocenters. The number of carboxylic acid groups (broad SMARTS) is 1. The number of hydrogen-bond donors (Lipinski definition) is 1. The molecule has 0 saturated carbocycles. The van der Waals surface area contributed by atoms with E-state index in [1.807, 2.05) is 18.3 Å². The van der Waals surface area contributed by atoms with E-state index in [1.165, 1.54) is 12.1 Å². The number of piperidine rings is 1. The molecule has 1 aliphatic heterocycles. The van der Waals surface area contributed by atoms with Crippen LogP contribution in [-0.4, -0.2) is 59.3 Å². The number of hydrogen-bond acceptors (Lipinski definition) is 8. The van der Waals surface area contributed by atoms with Crippen molar-refractivity contribution < 1.29 is 23.8 Å². The zero-order valence-corrected chi connectivity index (χ0v) is 25.6. The first-order valence-electron chi connectivity index (χ1n) is 15.2. The number of nitrogens with zero attached hydrogens (tertiary/aromatic N) is 7. The largest absolute Gasteiger partial charge is 0.484 e. The fraction of sp³-hybridized carbons (Fsp3) is 0.324. The van der Waals surface area contributed by atoms with E-state index in [2.05, 4.69) is 37.8 Å². The Balaban J connectivity index is 1.12. The average Bonchev–Trinajstić information content (AvgIpc) is 3.65. The Morgan fingerprint density at radius 2 is 2.02 bits per heavy atom. The van der Waals surface area contributed by atoms with E-state index in [9.17, 15) is 14.3 Å². The van der Waals surface area contributed by atoms with Crippen LogP contribution in [0.3, 0.4) is 0 Å². The average molecular weight is 624 g/mol. The quantitative estimate of drug-likeness (QED) is 0.209. The van der Waals surface area contributed by atoms with E-state index in [0.29, 0.717) is 24.7 Å². The van der Waals surface area contributed by atoms with Gasteiger partial charge in [0.15, 0.2) is 11.6 Å². The molecule has 4 heterocycles. The molecule has 2 unspecified atom stereocenters. The number of halogens is 1. The second-order valence-electron chi connectivity index (χ2n) is 11.5. The molecule has 5 aromatic rings. The molecule has 236 valence electrons. The van der Waals surface area contributed by atoms with Gasteiger partial charge in [0, 0.05) is 37.8 Å².